The Hall–Kier alpha value is -2.29. The molecule has 0 aliphatic heterocycles. The Morgan fingerprint density at radius 2 is 2.10 bits per heavy atom. The van der Waals surface area contributed by atoms with Crippen molar-refractivity contribution < 1.29 is 17.9 Å². The fraction of sp³-hybridized carbons (Fsp3) is 0.333. The van der Waals surface area contributed by atoms with Crippen LogP contribution in [0.2, 0.25) is 0 Å². The van der Waals surface area contributed by atoms with Crippen LogP contribution in [-0.4, -0.2) is 41.8 Å². The molecule has 0 atom stereocenters. The van der Waals surface area contributed by atoms with E-state index >= 15 is 0 Å². The molecular formula is C12H13N3O5S. The molecule has 2 rings (SSSR count). The van der Waals surface area contributed by atoms with Crippen molar-refractivity contribution in [1.82, 2.24) is 14.5 Å². The van der Waals surface area contributed by atoms with Gasteiger partial charge in [-0.1, -0.05) is 0 Å². The van der Waals surface area contributed by atoms with Gasteiger partial charge >= 0.3 is 5.97 Å². The first-order valence-corrected chi connectivity index (χ1v) is 7.88. The molecule has 8 nitrogen and oxygen atoms in total. The highest BCUT2D eigenvalue weighted by Gasteiger charge is 2.19. The molecule has 21 heavy (non-hydrogen) atoms. The predicted octanol–water partition coefficient (Wildman–Crippen LogP) is -0.0913. The molecule has 0 N–H and O–H groups in total. The zero-order chi connectivity index (χ0) is 15.8. The number of carbonyl (C=O) groups excluding carboxylic acids is 1. The van der Waals surface area contributed by atoms with E-state index in [1.165, 1.54) is 13.1 Å². The second-order valence-corrected chi connectivity index (χ2v) is 6.35. The van der Waals surface area contributed by atoms with Crippen LogP contribution < -0.4 is 5.56 Å². The van der Waals surface area contributed by atoms with Gasteiger partial charge in [0.05, 0.1) is 11.5 Å². The van der Waals surface area contributed by atoms with E-state index < -0.39 is 27.1 Å². The molecular weight excluding hydrogens is 298 g/mol. The molecule has 0 saturated heterocycles. The molecule has 0 aromatic carbocycles. The average molecular weight is 311 g/mol. The van der Waals surface area contributed by atoms with Gasteiger partial charge in [0.2, 0.25) is 5.69 Å². The molecule has 112 valence electrons. The topological polar surface area (TPSA) is 108 Å². The second kappa shape index (κ2) is 5.24. The minimum atomic E-state index is -3.47. The maximum Gasteiger partial charge on any atom is 0.362 e. The monoisotopic (exact) mass is 311 g/mol. The van der Waals surface area contributed by atoms with E-state index in [0.29, 0.717) is 0 Å². The first-order valence-electron chi connectivity index (χ1n) is 5.99. The van der Waals surface area contributed by atoms with E-state index in [4.69, 9.17) is 4.74 Å². The Morgan fingerprint density at radius 3 is 2.67 bits per heavy atom. The number of aromatic nitrogens is 3. The summed E-state index contributed by atoms with van der Waals surface area (Å²) in [5, 5.41) is 0. The molecule has 0 aliphatic carbocycles. The van der Waals surface area contributed by atoms with E-state index in [2.05, 4.69) is 9.97 Å². The summed E-state index contributed by atoms with van der Waals surface area (Å²) >= 11 is 0. The molecule has 2 heterocycles. The normalized spacial score (nSPS) is 11.6. The molecule has 0 amide bonds. The van der Waals surface area contributed by atoms with Gasteiger partial charge < -0.3 is 4.74 Å². The smallest absolute Gasteiger partial charge is 0.362 e. The van der Waals surface area contributed by atoms with Gasteiger partial charge in [-0.2, -0.15) is 0 Å². The highest BCUT2D eigenvalue weighted by molar-refractivity contribution is 7.90. The van der Waals surface area contributed by atoms with Crippen molar-refractivity contribution in [2.75, 3.05) is 12.9 Å². The summed E-state index contributed by atoms with van der Waals surface area (Å²) in [7, 11) is -2.05. The third-order valence-electron chi connectivity index (χ3n) is 2.78. The molecule has 0 aliphatic rings. The van der Waals surface area contributed by atoms with Crippen LogP contribution >= 0.6 is 0 Å². The van der Waals surface area contributed by atoms with E-state index in [-0.39, 0.29) is 22.7 Å². The zero-order valence-corrected chi connectivity index (χ0v) is 12.5. The predicted molar refractivity (Wildman–Crippen MR) is 73.8 cm³/mol. The summed E-state index contributed by atoms with van der Waals surface area (Å²) < 4.78 is 28.9. The summed E-state index contributed by atoms with van der Waals surface area (Å²) in [5.41, 5.74) is -0.747. The number of ether oxygens (including phenoxy) is 1. The van der Waals surface area contributed by atoms with Crippen LogP contribution in [0.1, 0.15) is 17.4 Å². The number of hydrogen-bond acceptors (Lipinski definition) is 7. The van der Waals surface area contributed by atoms with Gasteiger partial charge in [0.25, 0.3) is 5.56 Å². The summed E-state index contributed by atoms with van der Waals surface area (Å²) in [6.45, 7) is 1.70. The van der Waals surface area contributed by atoms with E-state index in [1.54, 1.807) is 6.92 Å². The van der Waals surface area contributed by atoms with Crippen LogP contribution in [0.25, 0.3) is 11.2 Å². The van der Waals surface area contributed by atoms with Gasteiger partial charge in [-0.05, 0) is 13.0 Å². The van der Waals surface area contributed by atoms with Crippen molar-refractivity contribution in [2.45, 2.75) is 11.8 Å². The minimum Gasteiger partial charge on any atom is -0.461 e. The Kier molecular flexibility index (Phi) is 3.77. The van der Waals surface area contributed by atoms with Gasteiger partial charge in [0.1, 0.15) is 5.52 Å². The summed E-state index contributed by atoms with van der Waals surface area (Å²) in [5.74, 6) is -0.857. The molecule has 9 heteroatoms. The van der Waals surface area contributed by atoms with Gasteiger partial charge in [-0.15, -0.1) is 0 Å². The van der Waals surface area contributed by atoms with Crippen LogP contribution in [-0.2, 0) is 21.6 Å². The van der Waals surface area contributed by atoms with E-state index in [0.717, 1.165) is 17.0 Å². The SMILES string of the molecule is CCOC(=O)c1nc2cc(S(C)(=O)=O)cnc2n(C)c1=O. The van der Waals surface area contributed by atoms with Crippen LogP contribution in [0.3, 0.4) is 0 Å². The molecule has 0 saturated carbocycles. The number of nitrogens with zero attached hydrogens (tertiary/aromatic N) is 3. The lowest BCUT2D eigenvalue weighted by Crippen LogP contribution is -2.28. The lowest BCUT2D eigenvalue weighted by Gasteiger charge is -2.07. The average Bonchev–Trinajstić information content (AvgIpc) is 2.41. The molecule has 0 bridgehead atoms. The first-order chi connectivity index (χ1) is 9.75. The molecule has 0 fully saturated rings. The standard InChI is InChI=1S/C12H13N3O5S/c1-4-20-12(17)9-11(16)15(2)10-8(14-9)5-7(6-13-10)21(3,18)19/h5-6H,4H2,1-3H3. The van der Waals surface area contributed by atoms with Crippen molar-refractivity contribution in [3.8, 4) is 0 Å². The third-order valence-corrected chi connectivity index (χ3v) is 3.86. The van der Waals surface area contributed by atoms with Crippen molar-refractivity contribution >= 4 is 27.0 Å². The lowest BCUT2D eigenvalue weighted by atomic mass is 10.3. The number of pyridine rings is 1. The van der Waals surface area contributed by atoms with Crippen molar-refractivity contribution in [1.29, 1.82) is 0 Å². The lowest BCUT2D eigenvalue weighted by molar-refractivity contribution is 0.0517. The van der Waals surface area contributed by atoms with Crippen LogP contribution in [0, 0.1) is 0 Å². The Labute approximate surface area is 120 Å². The first kappa shape index (κ1) is 15.1. The molecule has 0 radical (unpaired) electrons. The quantitative estimate of drug-likeness (QED) is 0.729. The Bertz CT molecular complexity index is 886. The number of esters is 1. The fourth-order valence-corrected chi connectivity index (χ4v) is 2.30. The number of sulfone groups is 1. The Balaban J connectivity index is 2.77. The van der Waals surface area contributed by atoms with Crippen molar-refractivity contribution in [2.24, 2.45) is 7.05 Å². The fourth-order valence-electron chi connectivity index (χ4n) is 1.73. The van der Waals surface area contributed by atoms with Crippen LogP contribution in [0.5, 0.6) is 0 Å². The Morgan fingerprint density at radius 1 is 1.43 bits per heavy atom. The number of rotatable bonds is 3. The summed E-state index contributed by atoms with van der Waals surface area (Å²) in [4.78, 5) is 31.5. The molecule has 2 aromatic heterocycles. The van der Waals surface area contributed by atoms with Crippen LogP contribution in [0.4, 0.5) is 0 Å². The van der Waals surface area contributed by atoms with Crippen molar-refractivity contribution in [3.63, 3.8) is 0 Å². The van der Waals surface area contributed by atoms with E-state index in [1.807, 2.05) is 0 Å². The van der Waals surface area contributed by atoms with Gasteiger partial charge in [0.15, 0.2) is 15.5 Å². The highest BCUT2D eigenvalue weighted by atomic mass is 32.2. The van der Waals surface area contributed by atoms with Gasteiger partial charge in [-0.3, -0.25) is 9.36 Å². The highest BCUT2D eigenvalue weighted by Crippen LogP contribution is 2.14. The molecule has 2 aromatic rings. The second-order valence-electron chi connectivity index (χ2n) is 4.33. The van der Waals surface area contributed by atoms with Gasteiger partial charge in [0, 0.05) is 19.5 Å². The number of carbonyl (C=O) groups is 1. The molecule has 0 spiro atoms. The maximum atomic E-state index is 12.0. The van der Waals surface area contributed by atoms with Crippen molar-refractivity contribution in [3.05, 3.63) is 28.3 Å². The number of aryl methyl sites for hydroxylation is 1. The van der Waals surface area contributed by atoms with Gasteiger partial charge in [-0.25, -0.2) is 23.2 Å². The zero-order valence-electron chi connectivity index (χ0n) is 11.7. The molecule has 0 unspecified atom stereocenters. The number of fused-ring (bicyclic) bond motifs is 1. The third kappa shape index (κ3) is 2.77. The summed E-state index contributed by atoms with van der Waals surface area (Å²) in [6, 6.07) is 1.26. The number of hydrogen-bond donors (Lipinski definition) is 0. The largest absolute Gasteiger partial charge is 0.461 e. The minimum absolute atomic E-state index is 0.0454. The maximum absolute atomic E-state index is 12.0. The summed E-state index contributed by atoms with van der Waals surface area (Å²) in [6.07, 6.45) is 2.17. The van der Waals surface area contributed by atoms with Crippen LogP contribution in [0.15, 0.2) is 22.0 Å². The van der Waals surface area contributed by atoms with E-state index in [9.17, 15) is 18.0 Å².